The zero-order valence-corrected chi connectivity index (χ0v) is 7.63. The molecule has 0 aliphatic heterocycles. The van der Waals surface area contributed by atoms with E-state index >= 15 is 0 Å². The van der Waals surface area contributed by atoms with Crippen LogP contribution < -0.4 is 11.5 Å². The number of halogens is 1. The molecule has 0 aliphatic rings. The first-order valence-electron chi connectivity index (χ1n) is 3.10. The van der Waals surface area contributed by atoms with Gasteiger partial charge in [-0.1, -0.05) is 0 Å². The van der Waals surface area contributed by atoms with Crippen molar-refractivity contribution in [3.8, 4) is 0 Å². The van der Waals surface area contributed by atoms with Crippen LogP contribution in [0.15, 0.2) is 16.6 Å². The standard InChI is InChI=1S/C7H7BrN2O2/c8-6-4(9)1-3(7(11)12)2-5(6)10/h1-2H,9-10H2,(H,11,12). The fourth-order valence-corrected chi connectivity index (χ4v) is 1.02. The summed E-state index contributed by atoms with van der Waals surface area (Å²) in [6.45, 7) is 0. The lowest BCUT2D eigenvalue weighted by molar-refractivity contribution is 0.0697. The molecule has 4 nitrogen and oxygen atoms in total. The first kappa shape index (κ1) is 8.86. The molecular formula is C7H7BrN2O2. The Morgan fingerprint density at radius 2 is 1.75 bits per heavy atom. The number of benzene rings is 1. The smallest absolute Gasteiger partial charge is 0.335 e. The Labute approximate surface area is 77.3 Å². The van der Waals surface area contributed by atoms with Crippen LogP contribution in [0.1, 0.15) is 10.4 Å². The molecule has 12 heavy (non-hydrogen) atoms. The molecule has 0 aromatic heterocycles. The maximum Gasteiger partial charge on any atom is 0.335 e. The highest BCUT2D eigenvalue weighted by atomic mass is 79.9. The summed E-state index contributed by atoms with van der Waals surface area (Å²) in [4.78, 5) is 10.5. The highest BCUT2D eigenvalue weighted by Crippen LogP contribution is 2.27. The molecule has 0 bridgehead atoms. The number of hydrogen-bond donors (Lipinski definition) is 3. The van der Waals surface area contributed by atoms with Gasteiger partial charge in [0.25, 0.3) is 0 Å². The molecule has 0 fully saturated rings. The third kappa shape index (κ3) is 1.50. The lowest BCUT2D eigenvalue weighted by Crippen LogP contribution is -2.01. The van der Waals surface area contributed by atoms with Gasteiger partial charge < -0.3 is 16.6 Å². The maximum atomic E-state index is 10.5. The van der Waals surface area contributed by atoms with Gasteiger partial charge in [0.2, 0.25) is 0 Å². The van der Waals surface area contributed by atoms with Gasteiger partial charge in [0.15, 0.2) is 0 Å². The first-order chi connectivity index (χ1) is 5.52. The van der Waals surface area contributed by atoms with E-state index in [1.807, 2.05) is 0 Å². The van der Waals surface area contributed by atoms with Crippen molar-refractivity contribution in [2.75, 3.05) is 11.5 Å². The van der Waals surface area contributed by atoms with Crippen molar-refractivity contribution in [2.45, 2.75) is 0 Å². The summed E-state index contributed by atoms with van der Waals surface area (Å²) in [6.07, 6.45) is 0. The predicted molar refractivity (Wildman–Crippen MR) is 49.9 cm³/mol. The zero-order valence-electron chi connectivity index (χ0n) is 6.04. The SMILES string of the molecule is Nc1cc(C(=O)O)cc(N)c1Br. The highest BCUT2D eigenvalue weighted by Gasteiger charge is 2.08. The Balaban J connectivity index is 3.31. The molecule has 0 heterocycles. The van der Waals surface area contributed by atoms with Crippen molar-refractivity contribution in [3.05, 3.63) is 22.2 Å². The minimum Gasteiger partial charge on any atom is -0.478 e. The van der Waals surface area contributed by atoms with E-state index in [-0.39, 0.29) is 5.56 Å². The van der Waals surface area contributed by atoms with E-state index in [2.05, 4.69) is 15.9 Å². The Hall–Kier alpha value is -1.23. The van der Waals surface area contributed by atoms with Gasteiger partial charge in [0.1, 0.15) is 0 Å². The molecule has 0 aliphatic carbocycles. The van der Waals surface area contributed by atoms with Crippen LogP contribution in [0.5, 0.6) is 0 Å². The van der Waals surface area contributed by atoms with E-state index in [1.165, 1.54) is 12.1 Å². The van der Waals surface area contributed by atoms with Gasteiger partial charge in [-0.25, -0.2) is 4.79 Å². The third-order valence-corrected chi connectivity index (χ3v) is 2.29. The van der Waals surface area contributed by atoms with Gasteiger partial charge in [0, 0.05) is 11.4 Å². The largest absolute Gasteiger partial charge is 0.478 e. The Morgan fingerprint density at radius 3 is 2.08 bits per heavy atom. The second-order valence-corrected chi connectivity index (χ2v) is 3.07. The second kappa shape index (κ2) is 3.02. The summed E-state index contributed by atoms with van der Waals surface area (Å²) in [5, 5.41) is 8.60. The fourth-order valence-electron chi connectivity index (χ4n) is 0.794. The first-order valence-corrected chi connectivity index (χ1v) is 3.89. The molecule has 0 amide bonds. The number of carbonyl (C=O) groups is 1. The lowest BCUT2D eigenvalue weighted by Gasteiger charge is -2.03. The number of hydrogen-bond acceptors (Lipinski definition) is 3. The van der Waals surface area contributed by atoms with Crippen molar-refractivity contribution in [2.24, 2.45) is 0 Å². The van der Waals surface area contributed by atoms with Crippen molar-refractivity contribution < 1.29 is 9.90 Å². The average molecular weight is 231 g/mol. The Kier molecular flexibility index (Phi) is 2.23. The van der Waals surface area contributed by atoms with E-state index < -0.39 is 5.97 Å². The number of aromatic carboxylic acids is 1. The Morgan fingerprint density at radius 1 is 1.33 bits per heavy atom. The number of carboxylic acids is 1. The predicted octanol–water partition coefficient (Wildman–Crippen LogP) is 1.31. The number of rotatable bonds is 1. The maximum absolute atomic E-state index is 10.5. The monoisotopic (exact) mass is 230 g/mol. The van der Waals surface area contributed by atoms with E-state index in [0.717, 1.165) is 0 Å². The van der Waals surface area contributed by atoms with Crippen LogP contribution in [-0.2, 0) is 0 Å². The molecule has 5 heteroatoms. The van der Waals surface area contributed by atoms with Gasteiger partial charge in [-0.2, -0.15) is 0 Å². The normalized spacial score (nSPS) is 9.75. The van der Waals surface area contributed by atoms with Crippen molar-refractivity contribution in [1.82, 2.24) is 0 Å². The van der Waals surface area contributed by atoms with Crippen LogP contribution in [-0.4, -0.2) is 11.1 Å². The molecule has 0 radical (unpaired) electrons. The van der Waals surface area contributed by atoms with Crippen molar-refractivity contribution in [3.63, 3.8) is 0 Å². The molecule has 64 valence electrons. The molecule has 1 rings (SSSR count). The van der Waals surface area contributed by atoms with E-state index in [0.29, 0.717) is 15.8 Å². The third-order valence-electron chi connectivity index (χ3n) is 1.38. The quantitative estimate of drug-likeness (QED) is 0.635. The van der Waals surface area contributed by atoms with Gasteiger partial charge in [0.05, 0.1) is 10.0 Å². The molecule has 5 N–H and O–H groups in total. The number of nitrogen functional groups attached to an aromatic ring is 2. The van der Waals surface area contributed by atoms with Gasteiger partial charge >= 0.3 is 5.97 Å². The minimum absolute atomic E-state index is 0.0909. The molecule has 0 unspecified atom stereocenters. The van der Waals surface area contributed by atoms with Gasteiger partial charge in [-0.05, 0) is 28.1 Å². The van der Waals surface area contributed by atoms with Crippen LogP contribution in [0.25, 0.3) is 0 Å². The number of carboxylic acid groups (broad SMARTS) is 1. The summed E-state index contributed by atoms with van der Waals surface area (Å²) in [5.74, 6) is -1.04. The summed E-state index contributed by atoms with van der Waals surface area (Å²) < 4.78 is 0.535. The fraction of sp³-hybridized carbons (Fsp3) is 0. The average Bonchev–Trinajstić information content (AvgIpc) is 1.99. The summed E-state index contributed by atoms with van der Waals surface area (Å²) in [7, 11) is 0. The molecule has 1 aromatic rings. The zero-order chi connectivity index (χ0) is 9.30. The molecule has 0 saturated heterocycles. The van der Waals surface area contributed by atoms with Gasteiger partial charge in [-0.3, -0.25) is 0 Å². The minimum atomic E-state index is -1.04. The Bertz CT molecular complexity index is 315. The summed E-state index contributed by atoms with van der Waals surface area (Å²) >= 11 is 3.12. The molecule has 0 spiro atoms. The molecular weight excluding hydrogens is 224 g/mol. The topological polar surface area (TPSA) is 89.3 Å². The second-order valence-electron chi connectivity index (χ2n) is 2.27. The van der Waals surface area contributed by atoms with E-state index in [4.69, 9.17) is 16.6 Å². The van der Waals surface area contributed by atoms with E-state index in [1.54, 1.807) is 0 Å². The molecule has 1 aromatic carbocycles. The van der Waals surface area contributed by atoms with Crippen LogP contribution >= 0.6 is 15.9 Å². The number of nitrogens with two attached hydrogens (primary N) is 2. The summed E-state index contributed by atoms with van der Waals surface area (Å²) in [6, 6.07) is 2.70. The summed E-state index contributed by atoms with van der Waals surface area (Å²) in [5.41, 5.74) is 11.7. The number of anilines is 2. The van der Waals surface area contributed by atoms with Crippen LogP contribution in [0.4, 0.5) is 11.4 Å². The lowest BCUT2D eigenvalue weighted by atomic mass is 10.2. The molecule has 0 atom stereocenters. The molecule has 0 saturated carbocycles. The van der Waals surface area contributed by atoms with Crippen LogP contribution in [0.3, 0.4) is 0 Å². The van der Waals surface area contributed by atoms with Crippen molar-refractivity contribution >= 4 is 33.3 Å². The van der Waals surface area contributed by atoms with E-state index in [9.17, 15) is 4.79 Å². The van der Waals surface area contributed by atoms with Gasteiger partial charge in [-0.15, -0.1) is 0 Å². The van der Waals surface area contributed by atoms with Crippen LogP contribution in [0, 0.1) is 0 Å². The van der Waals surface area contributed by atoms with Crippen molar-refractivity contribution in [1.29, 1.82) is 0 Å². The highest BCUT2D eigenvalue weighted by molar-refractivity contribution is 9.10. The van der Waals surface area contributed by atoms with Crippen LogP contribution in [0.2, 0.25) is 0 Å².